The van der Waals surface area contributed by atoms with Gasteiger partial charge in [-0.15, -0.1) is 0 Å². The van der Waals surface area contributed by atoms with Crippen molar-refractivity contribution in [1.82, 2.24) is 4.57 Å². The molecule has 0 fully saturated rings. The first-order chi connectivity index (χ1) is 14.0. The van der Waals surface area contributed by atoms with E-state index in [4.69, 9.17) is 15.6 Å². The van der Waals surface area contributed by atoms with Crippen molar-refractivity contribution < 1.29 is 23.8 Å². The second kappa shape index (κ2) is 7.58. The van der Waals surface area contributed by atoms with E-state index in [1.165, 1.54) is 12.1 Å². The summed E-state index contributed by atoms with van der Waals surface area (Å²) in [6.07, 6.45) is 2.20. The second-order valence-corrected chi connectivity index (χ2v) is 7.26. The number of aromatic nitrogens is 1. The molecule has 6 nitrogen and oxygen atoms in total. The lowest BCUT2D eigenvalue weighted by Crippen LogP contribution is -2.25. The number of nitrogens with zero attached hydrogens (tertiary/aromatic N) is 1. The Labute approximate surface area is 166 Å². The molecule has 0 bridgehead atoms. The molecule has 29 heavy (non-hydrogen) atoms. The predicted octanol–water partition coefficient (Wildman–Crippen LogP) is 3.20. The smallest absolute Gasteiger partial charge is 0.341 e. The van der Waals surface area contributed by atoms with Crippen molar-refractivity contribution >= 4 is 22.8 Å². The lowest BCUT2D eigenvalue weighted by molar-refractivity contribution is -0.139. The predicted molar refractivity (Wildman–Crippen MR) is 105 cm³/mol. The molecule has 1 aromatic heterocycles. The summed E-state index contributed by atoms with van der Waals surface area (Å²) >= 11 is 0. The molecule has 2 aromatic carbocycles. The van der Waals surface area contributed by atoms with Gasteiger partial charge in [-0.3, -0.25) is 4.79 Å². The third-order valence-corrected chi connectivity index (χ3v) is 5.38. The van der Waals surface area contributed by atoms with E-state index in [0.29, 0.717) is 24.1 Å². The van der Waals surface area contributed by atoms with Gasteiger partial charge in [0.2, 0.25) is 5.91 Å². The zero-order chi connectivity index (χ0) is 20.5. The Bertz CT molecular complexity index is 1110. The number of primary amides is 1. The van der Waals surface area contributed by atoms with Crippen molar-refractivity contribution in [2.75, 3.05) is 6.61 Å². The number of halogens is 1. The molecule has 0 aliphatic heterocycles. The van der Waals surface area contributed by atoms with E-state index >= 15 is 0 Å². The van der Waals surface area contributed by atoms with Gasteiger partial charge in [0.05, 0.1) is 11.4 Å². The quantitative estimate of drug-likeness (QED) is 0.669. The summed E-state index contributed by atoms with van der Waals surface area (Å²) in [6, 6.07) is 11.8. The van der Waals surface area contributed by atoms with Crippen molar-refractivity contribution in [3.63, 3.8) is 0 Å². The van der Waals surface area contributed by atoms with Gasteiger partial charge in [0.1, 0.15) is 11.6 Å². The molecule has 1 aliphatic carbocycles. The topological polar surface area (TPSA) is 94.6 Å². The van der Waals surface area contributed by atoms with Gasteiger partial charge in [-0.05, 0) is 54.7 Å². The van der Waals surface area contributed by atoms with Gasteiger partial charge in [0, 0.05) is 17.6 Å². The fourth-order valence-electron chi connectivity index (χ4n) is 4.26. The lowest BCUT2D eigenvalue weighted by atomic mass is 9.84. The average molecular weight is 396 g/mol. The highest BCUT2D eigenvalue weighted by Crippen LogP contribution is 2.43. The molecular formula is C22H21FN2O4. The zero-order valence-corrected chi connectivity index (χ0v) is 15.7. The third kappa shape index (κ3) is 3.55. The number of ether oxygens (including phenoxy) is 1. The molecule has 3 aromatic rings. The Hall–Kier alpha value is -3.35. The largest absolute Gasteiger partial charge is 0.481 e. The zero-order valence-electron chi connectivity index (χ0n) is 15.7. The van der Waals surface area contributed by atoms with Crippen LogP contribution in [0.15, 0.2) is 42.5 Å². The number of rotatable bonds is 6. The van der Waals surface area contributed by atoms with Gasteiger partial charge in [-0.1, -0.05) is 18.2 Å². The van der Waals surface area contributed by atoms with Gasteiger partial charge in [0.25, 0.3) is 0 Å². The van der Waals surface area contributed by atoms with Gasteiger partial charge in [-0.25, -0.2) is 9.18 Å². The molecule has 1 atom stereocenters. The molecule has 3 N–H and O–H groups in total. The molecule has 0 saturated carbocycles. The average Bonchev–Trinajstić information content (AvgIpc) is 3.01. The lowest BCUT2D eigenvalue weighted by Gasteiger charge is -2.22. The van der Waals surface area contributed by atoms with Crippen LogP contribution in [0.25, 0.3) is 10.9 Å². The number of carbonyl (C=O) groups excluding carboxylic acids is 1. The third-order valence-electron chi connectivity index (χ3n) is 5.38. The molecule has 7 heteroatoms. The Balaban J connectivity index is 1.92. The summed E-state index contributed by atoms with van der Waals surface area (Å²) in [5.74, 6) is -1.87. The maximum Gasteiger partial charge on any atom is 0.341 e. The van der Waals surface area contributed by atoms with Gasteiger partial charge < -0.3 is 20.1 Å². The normalized spacial score (nSPS) is 15.8. The number of hydrogen-bond donors (Lipinski definition) is 2. The van der Waals surface area contributed by atoms with Crippen LogP contribution >= 0.6 is 0 Å². The van der Waals surface area contributed by atoms with Gasteiger partial charge >= 0.3 is 5.97 Å². The summed E-state index contributed by atoms with van der Waals surface area (Å²) in [4.78, 5) is 23.2. The summed E-state index contributed by atoms with van der Waals surface area (Å²) in [6.45, 7) is -0.0539. The monoisotopic (exact) mass is 396 g/mol. The molecule has 1 amide bonds. The highest BCUT2D eigenvalue weighted by Gasteiger charge is 2.32. The van der Waals surface area contributed by atoms with Crippen LogP contribution in [-0.2, 0) is 22.6 Å². The molecule has 4 rings (SSSR count). The van der Waals surface area contributed by atoms with E-state index < -0.39 is 24.4 Å². The fourth-order valence-corrected chi connectivity index (χ4v) is 4.26. The minimum atomic E-state index is -1.08. The Morgan fingerprint density at radius 2 is 2.03 bits per heavy atom. The van der Waals surface area contributed by atoms with Crippen LogP contribution in [0.1, 0.15) is 35.6 Å². The summed E-state index contributed by atoms with van der Waals surface area (Å²) in [7, 11) is 0. The van der Waals surface area contributed by atoms with Gasteiger partial charge in [-0.2, -0.15) is 0 Å². The molecule has 0 spiro atoms. The van der Waals surface area contributed by atoms with Gasteiger partial charge in [0.15, 0.2) is 6.61 Å². The van der Waals surface area contributed by atoms with Crippen LogP contribution in [-0.4, -0.2) is 28.2 Å². The molecule has 1 heterocycles. The van der Waals surface area contributed by atoms with Crippen molar-refractivity contribution in [3.05, 3.63) is 65.1 Å². The number of carboxylic acid groups (broad SMARTS) is 1. The van der Waals surface area contributed by atoms with Crippen molar-refractivity contribution in [3.8, 4) is 5.75 Å². The Kier molecular flexibility index (Phi) is 4.96. The number of amides is 1. The van der Waals surface area contributed by atoms with Crippen LogP contribution in [0.4, 0.5) is 4.39 Å². The number of nitrogens with two attached hydrogens (primary N) is 1. The molecule has 0 saturated heterocycles. The van der Waals surface area contributed by atoms with E-state index in [0.717, 1.165) is 35.2 Å². The van der Waals surface area contributed by atoms with E-state index in [9.17, 15) is 14.0 Å². The number of fused-ring (bicyclic) bond motifs is 3. The first kappa shape index (κ1) is 19.0. The number of carbonyl (C=O) groups is 2. The number of aliphatic carboxylic acids is 1. The van der Waals surface area contributed by atoms with E-state index in [-0.39, 0.29) is 5.82 Å². The van der Waals surface area contributed by atoms with Crippen LogP contribution in [0.3, 0.4) is 0 Å². The number of benzene rings is 2. The van der Waals surface area contributed by atoms with E-state index in [1.807, 2.05) is 12.1 Å². The molecule has 0 radical (unpaired) electrons. The van der Waals surface area contributed by atoms with Crippen molar-refractivity contribution in [2.45, 2.75) is 31.7 Å². The summed E-state index contributed by atoms with van der Waals surface area (Å²) in [5, 5.41) is 9.72. The first-order valence-electron chi connectivity index (χ1n) is 9.48. The molecule has 150 valence electrons. The van der Waals surface area contributed by atoms with Crippen LogP contribution in [0, 0.1) is 5.82 Å². The Morgan fingerprint density at radius 3 is 2.76 bits per heavy atom. The number of carboxylic acids is 1. The fraction of sp³-hybridized carbons (Fsp3) is 0.273. The highest BCUT2D eigenvalue weighted by molar-refractivity contribution is 5.97. The maximum atomic E-state index is 13.7. The van der Waals surface area contributed by atoms with E-state index in [1.54, 1.807) is 18.2 Å². The van der Waals surface area contributed by atoms with Crippen LogP contribution in [0.5, 0.6) is 5.75 Å². The SMILES string of the molecule is NC(=O)C1CCCc2c1c1c(OCC(=O)O)cccc1n2Cc1cccc(F)c1. The van der Waals surface area contributed by atoms with E-state index in [2.05, 4.69) is 4.57 Å². The molecular weight excluding hydrogens is 375 g/mol. The van der Waals surface area contributed by atoms with Crippen molar-refractivity contribution in [2.24, 2.45) is 5.73 Å². The Morgan fingerprint density at radius 1 is 1.24 bits per heavy atom. The highest BCUT2D eigenvalue weighted by atomic mass is 19.1. The summed E-state index contributed by atoms with van der Waals surface area (Å²) < 4.78 is 21.3. The second-order valence-electron chi connectivity index (χ2n) is 7.26. The van der Waals surface area contributed by atoms with Crippen molar-refractivity contribution in [1.29, 1.82) is 0 Å². The summed E-state index contributed by atoms with van der Waals surface area (Å²) in [5.41, 5.74) is 9.07. The minimum absolute atomic E-state index is 0.312. The van der Waals surface area contributed by atoms with Crippen LogP contribution in [0.2, 0.25) is 0 Å². The minimum Gasteiger partial charge on any atom is -0.481 e. The standard InChI is InChI=1S/C22H21FN2O4/c23-14-5-1-4-13(10-14)11-25-16-7-2-6-15(22(24)28)20(16)21-17(25)8-3-9-18(21)29-12-19(26)27/h1,3-5,8-10,15H,2,6-7,11-12H2,(H2,24,28)(H,26,27). The maximum absolute atomic E-state index is 13.7. The molecule has 1 unspecified atom stereocenters. The molecule has 1 aliphatic rings. The first-order valence-corrected chi connectivity index (χ1v) is 9.48. The number of hydrogen-bond acceptors (Lipinski definition) is 3. The van der Waals surface area contributed by atoms with Crippen LogP contribution < -0.4 is 10.5 Å².